The van der Waals surface area contributed by atoms with E-state index in [4.69, 9.17) is 5.73 Å². The maximum atomic E-state index is 11.9. The monoisotopic (exact) mass is 267 g/mol. The Morgan fingerprint density at radius 2 is 2.28 bits per heavy atom. The van der Waals surface area contributed by atoms with Gasteiger partial charge in [-0.05, 0) is 17.9 Å². The predicted octanol–water partition coefficient (Wildman–Crippen LogP) is 0.312. The molecule has 1 fully saturated rings. The number of amides is 3. The lowest BCUT2D eigenvalue weighted by molar-refractivity contribution is -0.126. The molecule has 3 amide bonds. The Kier molecular flexibility index (Phi) is 3.61. The third-order valence-electron chi connectivity index (χ3n) is 2.80. The van der Waals surface area contributed by atoms with Crippen molar-refractivity contribution in [2.45, 2.75) is 12.8 Å². The summed E-state index contributed by atoms with van der Waals surface area (Å²) in [5, 5.41) is 7.48. The normalized spacial score (nSPS) is 19.1. The smallest absolute Gasteiger partial charge is 0.251 e. The fraction of sp³-hybridized carbons (Fsp3) is 0.364. The SMILES string of the molecule is NC(=O)c1ccsc1NC(=O)C1CCC(=O)NC1. The number of carbonyl (C=O) groups excluding carboxylic acids is 3. The van der Waals surface area contributed by atoms with E-state index in [1.54, 1.807) is 11.4 Å². The van der Waals surface area contributed by atoms with E-state index in [2.05, 4.69) is 10.6 Å². The summed E-state index contributed by atoms with van der Waals surface area (Å²) >= 11 is 1.25. The van der Waals surface area contributed by atoms with Crippen molar-refractivity contribution in [1.29, 1.82) is 0 Å². The van der Waals surface area contributed by atoms with Crippen LogP contribution in [0.5, 0.6) is 0 Å². The van der Waals surface area contributed by atoms with E-state index in [9.17, 15) is 14.4 Å². The molecule has 1 saturated heterocycles. The number of nitrogens with one attached hydrogen (secondary N) is 2. The van der Waals surface area contributed by atoms with Gasteiger partial charge in [-0.3, -0.25) is 14.4 Å². The summed E-state index contributed by atoms with van der Waals surface area (Å²) in [6.45, 7) is 0.335. The number of primary amides is 1. The van der Waals surface area contributed by atoms with Crippen LogP contribution in [0, 0.1) is 5.92 Å². The minimum absolute atomic E-state index is 0.0343. The van der Waals surface area contributed by atoms with Crippen LogP contribution in [0.2, 0.25) is 0 Å². The maximum absolute atomic E-state index is 11.9. The zero-order valence-electron chi connectivity index (χ0n) is 9.56. The minimum atomic E-state index is -0.566. The molecule has 1 aliphatic rings. The van der Waals surface area contributed by atoms with E-state index in [1.807, 2.05) is 0 Å². The number of rotatable bonds is 3. The lowest BCUT2D eigenvalue weighted by atomic mass is 9.98. The summed E-state index contributed by atoms with van der Waals surface area (Å²) in [5.41, 5.74) is 5.50. The number of nitrogens with two attached hydrogens (primary N) is 1. The van der Waals surface area contributed by atoms with Crippen molar-refractivity contribution >= 4 is 34.1 Å². The second-order valence-corrected chi connectivity index (χ2v) is 4.97. The fourth-order valence-corrected chi connectivity index (χ4v) is 2.57. The van der Waals surface area contributed by atoms with Gasteiger partial charge in [-0.25, -0.2) is 0 Å². The molecule has 1 aliphatic heterocycles. The zero-order chi connectivity index (χ0) is 13.1. The van der Waals surface area contributed by atoms with Crippen LogP contribution in [0.25, 0.3) is 0 Å². The van der Waals surface area contributed by atoms with Crippen LogP contribution in [0.3, 0.4) is 0 Å². The highest BCUT2D eigenvalue weighted by Gasteiger charge is 2.25. The van der Waals surface area contributed by atoms with Crippen molar-refractivity contribution in [2.75, 3.05) is 11.9 Å². The molecule has 0 saturated carbocycles. The molecule has 7 heteroatoms. The van der Waals surface area contributed by atoms with Gasteiger partial charge >= 0.3 is 0 Å². The number of hydrogen-bond acceptors (Lipinski definition) is 4. The van der Waals surface area contributed by atoms with Crippen molar-refractivity contribution in [3.63, 3.8) is 0 Å². The Morgan fingerprint density at radius 1 is 1.50 bits per heavy atom. The average molecular weight is 267 g/mol. The second-order valence-electron chi connectivity index (χ2n) is 4.06. The van der Waals surface area contributed by atoms with Crippen LogP contribution in [0.4, 0.5) is 5.00 Å². The molecule has 0 aromatic carbocycles. The Morgan fingerprint density at radius 3 is 2.89 bits per heavy atom. The highest BCUT2D eigenvalue weighted by Crippen LogP contribution is 2.24. The number of piperidine rings is 1. The van der Waals surface area contributed by atoms with Crippen LogP contribution in [0.1, 0.15) is 23.2 Å². The summed E-state index contributed by atoms with van der Waals surface area (Å²) in [4.78, 5) is 34.0. The maximum Gasteiger partial charge on any atom is 0.251 e. The van der Waals surface area contributed by atoms with Gasteiger partial charge in [0.1, 0.15) is 5.00 Å². The number of carbonyl (C=O) groups is 3. The molecule has 1 atom stereocenters. The molecule has 1 aromatic heterocycles. The first-order chi connectivity index (χ1) is 8.58. The molecule has 0 aliphatic carbocycles. The number of anilines is 1. The molecule has 4 N–H and O–H groups in total. The summed E-state index contributed by atoms with van der Waals surface area (Å²) in [5.74, 6) is -1.05. The average Bonchev–Trinajstić information content (AvgIpc) is 2.78. The van der Waals surface area contributed by atoms with Gasteiger partial charge in [-0.15, -0.1) is 11.3 Å². The fourth-order valence-electron chi connectivity index (χ4n) is 1.77. The summed E-state index contributed by atoms with van der Waals surface area (Å²) < 4.78 is 0. The van der Waals surface area contributed by atoms with Crippen molar-refractivity contribution in [3.8, 4) is 0 Å². The van der Waals surface area contributed by atoms with E-state index in [1.165, 1.54) is 11.3 Å². The van der Waals surface area contributed by atoms with E-state index in [0.717, 1.165) is 0 Å². The minimum Gasteiger partial charge on any atom is -0.366 e. The Labute approximate surface area is 108 Å². The van der Waals surface area contributed by atoms with Gasteiger partial charge in [0.25, 0.3) is 5.91 Å². The van der Waals surface area contributed by atoms with Gasteiger partial charge in [0.15, 0.2) is 0 Å². The predicted molar refractivity (Wildman–Crippen MR) is 67.2 cm³/mol. The molecule has 96 valence electrons. The second kappa shape index (κ2) is 5.18. The largest absolute Gasteiger partial charge is 0.366 e. The van der Waals surface area contributed by atoms with Gasteiger partial charge in [0.05, 0.1) is 11.5 Å². The lowest BCUT2D eigenvalue weighted by Gasteiger charge is -2.21. The molecule has 2 heterocycles. The first kappa shape index (κ1) is 12.6. The number of hydrogen-bond donors (Lipinski definition) is 3. The first-order valence-corrected chi connectivity index (χ1v) is 6.40. The summed E-state index contributed by atoms with van der Waals surface area (Å²) in [7, 11) is 0. The highest BCUT2D eigenvalue weighted by atomic mass is 32.1. The van der Waals surface area contributed by atoms with Gasteiger partial charge in [-0.2, -0.15) is 0 Å². The quantitative estimate of drug-likeness (QED) is 0.734. The van der Waals surface area contributed by atoms with Gasteiger partial charge in [-0.1, -0.05) is 0 Å². The zero-order valence-corrected chi connectivity index (χ0v) is 10.4. The molecular weight excluding hydrogens is 254 g/mol. The molecular formula is C11H13N3O3S. The number of thiophene rings is 1. The Hall–Kier alpha value is -1.89. The van der Waals surface area contributed by atoms with Gasteiger partial charge in [0, 0.05) is 13.0 Å². The molecule has 6 nitrogen and oxygen atoms in total. The van der Waals surface area contributed by atoms with Crippen molar-refractivity contribution in [1.82, 2.24) is 5.32 Å². The third kappa shape index (κ3) is 2.67. The van der Waals surface area contributed by atoms with E-state index in [0.29, 0.717) is 30.0 Å². The topological polar surface area (TPSA) is 101 Å². The van der Waals surface area contributed by atoms with E-state index in [-0.39, 0.29) is 17.7 Å². The third-order valence-corrected chi connectivity index (χ3v) is 3.63. The van der Waals surface area contributed by atoms with Crippen LogP contribution < -0.4 is 16.4 Å². The van der Waals surface area contributed by atoms with Crippen molar-refractivity contribution in [2.24, 2.45) is 11.7 Å². The van der Waals surface area contributed by atoms with Crippen LogP contribution in [0.15, 0.2) is 11.4 Å². The lowest BCUT2D eigenvalue weighted by Crippen LogP contribution is -2.40. The van der Waals surface area contributed by atoms with E-state index < -0.39 is 5.91 Å². The molecule has 0 spiro atoms. The molecule has 2 rings (SSSR count). The van der Waals surface area contributed by atoms with Crippen LogP contribution >= 0.6 is 11.3 Å². The molecule has 18 heavy (non-hydrogen) atoms. The Bertz CT molecular complexity index is 487. The molecule has 0 radical (unpaired) electrons. The van der Waals surface area contributed by atoms with Crippen molar-refractivity contribution in [3.05, 3.63) is 17.0 Å². The van der Waals surface area contributed by atoms with E-state index >= 15 is 0 Å². The van der Waals surface area contributed by atoms with Gasteiger partial charge in [0.2, 0.25) is 11.8 Å². The van der Waals surface area contributed by atoms with Crippen LogP contribution in [-0.4, -0.2) is 24.3 Å². The van der Waals surface area contributed by atoms with Crippen molar-refractivity contribution < 1.29 is 14.4 Å². The molecule has 1 aromatic rings. The Balaban J connectivity index is 2.00. The summed E-state index contributed by atoms with van der Waals surface area (Å²) in [6.07, 6.45) is 0.875. The first-order valence-electron chi connectivity index (χ1n) is 5.53. The molecule has 0 bridgehead atoms. The highest BCUT2D eigenvalue weighted by molar-refractivity contribution is 7.14. The standard InChI is InChI=1S/C11H13N3O3S/c12-9(16)7-3-4-18-11(7)14-10(17)6-1-2-8(15)13-5-6/h3-4,6H,1-2,5H2,(H2,12,16)(H,13,15)(H,14,17). The van der Waals surface area contributed by atoms with Gasteiger partial charge < -0.3 is 16.4 Å². The molecule has 1 unspecified atom stereocenters. The van der Waals surface area contributed by atoms with Crippen LogP contribution in [-0.2, 0) is 9.59 Å². The summed E-state index contributed by atoms with van der Waals surface area (Å²) in [6, 6.07) is 1.57.